The zero-order valence-corrected chi connectivity index (χ0v) is 10.2. The van der Waals surface area contributed by atoms with Gasteiger partial charge in [-0.3, -0.25) is 0 Å². The van der Waals surface area contributed by atoms with E-state index >= 15 is 0 Å². The lowest BCUT2D eigenvalue weighted by molar-refractivity contribution is -0.144. The number of likely N-dealkylation sites (N-methyl/N-ethyl adjacent to an activating group) is 1. The van der Waals surface area contributed by atoms with Crippen LogP contribution in [0.5, 0.6) is 0 Å². The molecule has 9 heteroatoms. The van der Waals surface area contributed by atoms with Crippen LogP contribution in [-0.2, 0) is 10.9 Å². The maximum Gasteiger partial charge on any atom is 0.451 e. The third-order valence-electron chi connectivity index (χ3n) is 2.93. The number of anilines is 2. The molecule has 19 heavy (non-hydrogen) atoms. The Hall–Kier alpha value is -1.61. The van der Waals surface area contributed by atoms with E-state index in [4.69, 9.17) is 10.6 Å². The second kappa shape index (κ2) is 5.17. The highest BCUT2D eigenvalue weighted by atomic mass is 19.4. The van der Waals surface area contributed by atoms with E-state index in [0.29, 0.717) is 13.2 Å². The van der Waals surface area contributed by atoms with Crippen LogP contribution in [0.4, 0.5) is 24.8 Å². The highest BCUT2D eigenvalue weighted by Crippen LogP contribution is 2.29. The van der Waals surface area contributed by atoms with Crippen LogP contribution in [0, 0.1) is 0 Å². The molecule has 1 aromatic heterocycles. The van der Waals surface area contributed by atoms with Crippen molar-refractivity contribution in [2.24, 2.45) is 5.84 Å². The van der Waals surface area contributed by atoms with Gasteiger partial charge in [0.25, 0.3) is 0 Å². The Morgan fingerprint density at radius 2 is 2.21 bits per heavy atom. The molecule has 2 heterocycles. The zero-order chi connectivity index (χ0) is 14.0. The molecule has 1 atom stereocenters. The first-order valence-electron chi connectivity index (χ1n) is 5.65. The maximum absolute atomic E-state index is 12.7. The van der Waals surface area contributed by atoms with Crippen molar-refractivity contribution in [1.82, 2.24) is 9.97 Å². The number of nitrogens with two attached hydrogens (primary N) is 1. The Morgan fingerprint density at radius 1 is 1.47 bits per heavy atom. The number of nitrogens with one attached hydrogen (secondary N) is 1. The van der Waals surface area contributed by atoms with E-state index in [9.17, 15) is 13.2 Å². The van der Waals surface area contributed by atoms with Gasteiger partial charge in [-0.25, -0.2) is 15.8 Å². The van der Waals surface area contributed by atoms with Gasteiger partial charge in [0.1, 0.15) is 11.6 Å². The van der Waals surface area contributed by atoms with Gasteiger partial charge < -0.3 is 15.1 Å². The molecule has 1 aliphatic heterocycles. The summed E-state index contributed by atoms with van der Waals surface area (Å²) in [6.45, 7) is 1.06. The number of hydrogen-bond acceptors (Lipinski definition) is 6. The van der Waals surface area contributed by atoms with E-state index in [1.54, 1.807) is 11.9 Å². The summed E-state index contributed by atoms with van der Waals surface area (Å²) in [5.74, 6) is 3.99. The van der Waals surface area contributed by atoms with Crippen molar-refractivity contribution >= 4 is 11.6 Å². The zero-order valence-electron chi connectivity index (χ0n) is 10.2. The smallest absolute Gasteiger partial charge is 0.379 e. The molecule has 0 aromatic carbocycles. The third-order valence-corrected chi connectivity index (χ3v) is 2.93. The van der Waals surface area contributed by atoms with Crippen molar-refractivity contribution in [3.8, 4) is 0 Å². The second-order valence-electron chi connectivity index (χ2n) is 4.21. The van der Waals surface area contributed by atoms with E-state index in [0.717, 1.165) is 6.42 Å². The summed E-state index contributed by atoms with van der Waals surface area (Å²) in [7, 11) is 1.67. The second-order valence-corrected chi connectivity index (χ2v) is 4.21. The van der Waals surface area contributed by atoms with Crippen molar-refractivity contribution in [2.45, 2.75) is 18.6 Å². The molecule has 3 N–H and O–H groups in total. The SMILES string of the molecule is CN(c1cc(NN)nc(C(F)(F)F)n1)C1CCOC1. The number of hydrazine groups is 1. The highest BCUT2D eigenvalue weighted by molar-refractivity contribution is 5.49. The van der Waals surface area contributed by atoms with Crippen molar-refractivity contribution in [3.63, 3.8) is 0 Å². The Balaban J connectivity index is 2.33. The summed E-state index contributed by atoms with van der Waals surface area (Å²) in [5.41, 5.74) is 2.12. The molecule has 106 valence electrons. The molecular formula is C10H14F3N5O. The third kappa shape index (κ3) is 3.04. The standard InChI is InChI=1S/C10H14F3N5O/c1-18(6-2-3-19-5-6)8-4-7(17-14)15-9(16-8)10(11,12)13/h4,6H,2-3,5,14H2,1H3,(H,15,16,17). The Labute approximate surface area is 107 Å². The molecule has 1 aromatic rings. The minimum atomic E-state index is -4.62. The molecule has 0 saturated carbocycles. The predicted molar refractivity (Wildman–Crippen MR) is 62.5 cm³/mol. The summed E-state index contributed by atoms with van der Waals surface area (Å²) < 4.78 is 43.3. The molecule has 0 amide bonds. The largest absolute Gasteiger partial charge is 0.451 e. The molecule has 0 radical (unpaired) electrons. The normalized spacial score (nSPS) is 19.5. The molecule has 0 aliphatic carbocycles. The molecule has 0 spiro atoms. The van der Waals surface area contributed by atoms with Crippen LogP contribution in [0.1, 0.15) is 12.2 Å². The first-order chi connectivity index (χ1) is 8.91. The summed E-state index contributed by atoms with van der Waals surface area (Å²) in [5, 5.41) is 0. The lowest BCUT2D eigenvalue weighted by Crippen LogP contribution is -2.33. The number of halogens is 3. The number of rotatable bonds is 3. The van der Waals surface area contributed by atoms with Gasteiger partial charge in [0.2, 0.25) is 5.82 Å². The fraction of sp³-hybridized carbons (Fsp3) is 0.600. The van der Waals surface area contributed by atoms with E-state index < -0.39 is 12.0 Å². The molecule has 0 bridgehead atoms. The van der Waals surface area contributed by atoms with E-state index in [1.165, 1.54) is 6.07 Å². The molecule has 1 fully saturated rings. The number of ether oxygens (including phenoxy) is 1. The van der Waals surface area contributed by atoms with Crippen LogP contribution >= 0.6 is 0 Å². The van der Waals surface area contributed by atoms with Gasteiger partial charge in [0.15, 0.2) is 0 Å². The number of hydrogen-bond donors (Lipinski definition) is 2. The minimum absolute atomic E-state index is 0.00149. The monoisotopic (exact) mass is 277 g/mol. The molecule has 6 nitrogen and oxygen atoms in total. The van der Waals surface area contributed by atoms with Crippen molar-refractivity contribution in [3.05, 3.63) is 11.9 Å². The lowest BCUT2D eigenvalue weighted by Gasteiger charge is -2.25. The number of alkyl halides is 3. The average Bonchev–Trinajstić information content (AvgIpc) is 2.90. The molecular weight excluding hydrogens is 263 g/mol. The van der Waals surface area contributed by atoms with Gasteiger partial charge in [-0.1, -0.05) is 0 Å². The highest BCUT2D eigenvalue weighted by Gasteiger charge is 2.36. The van der Waals surface area contributed by atoms with Gasteiger partial charge >= 0.3 is 6.18 Å². The van der Waals surface area contributed by atoms with Gasteiger partial charge in [-0.15, -0.1) is 0 Å². The Morgan fingerprint density at radius 3 is 2.74 bits per heavy atom. The van der Waals surface area contributed by atoms with Crippen molar-refractivity contribution in [2.75, 3.05) is 30.6 Å². The van der Waals surface area contributed by atoms with Gasteiger partial charge in [-0.2, -0.15) is 13.2 Å². The van der Waals surface area contributed by atoms with Crippen molar-refractivity contribution < 1.29 is 17.9 Å². The summed E-state index contributed by atoms with van der Waals surface area (Å²) in [4.78, 5) is 8.48. The average molecular weight is 277 g/mol. The van der Waals surface area contributed by atoms with Crippen molar-refractivity contribution in [1.29, 1.82) is 0 Å². The Kier molecular flexibility index (Phi) is 3.76. The fourth-order valence-electron chi connectivity index (χ4n) is 1.83. The Bertz CT molecular complexity index is 447. The van der Waals surface area contributed by atoms with E-state index in [-0.39, 0.29) is 17.7 Å². The van der Waals surface area contributed by atoms with Gasteiger partial charge in [0.05, 0.1) is 12.6 Å². The number of nitrogen functional groups attached to an aromatic ring is 1. The fourth-order valence-corrected chi connectivity index (χ4v) is 1.83. The molecule has 2 rings (SSSR count). The maximum atomic E-state index is 12.7. The first kappa shape index (κ1) is 13.8. The first-order valence-corrected chi connectivity index (χ1v) is 5.65. The van der Waals surface area contributed by atoms with Crippen LogP contribution in [0.2, 0.25) is 0 Å². The summed E-state index contributed by atoms with van der Waals surface area (Å²) in [6, 6.07) is 1.37. The number of aromatic nitrogens is 2. The topological polar surface area (TPSA) is 76.3 Å². The predicted octanol–water partition coefficient (Wildman–Crippen LogP) is 1.01. The summed E-state index contributed by atoms with van der Waals surface area (Å²) >= 11 is 0. The number of nitrogens with zero attached hydrogens (tertiary/aromatic N) is 3. The van der Waals surface area contributed by atoms with Crippen LogP contribution in [0.3, 0.4) is 0 Å². The van der Waals surface area contributed by atoms with E-state index in [1.807, 2.05) is 0 Å². The van der Waals surface area contributed by atoms with Crippen LogP contribution in [0.15, 0.2) is 6.07 Å². The van der Waals surface area contributed by atoms with Gasteiger partial charge in [0, 0.05) is 19.7 Å². The quantitative estimate of drug-likeness (QED) is 0.634. The minimum Gasteiger partial charge on any atom is -0.379 e. The van der Waals surface area contributed by atoms with E-state index in [2.05, 4.69) is 15.4 Å². The van der Waals surface area contributed by atoms with Gasteiger partial charge in [-0.05, 0) is 6.42 Å². The van der Waals surface area contributed by atoms with Crippen LogP contribution < -0.4 is 16.2 Å². The molecule has 1 unspecified atom stereocenters. The lowest BCUT2D eigenvalue weighted by atomic mass is 10.2. The molecule has 1 aliphatic rings. The summed E-state index contributed by atoms with van der Waals surface area (Å²) in [6.07, 6.45) is -3.87. The van der Waals surface area contributed by atoms with Crippen LogP contribution in [0.25, 0.3) is 0 Å². The van der Waals surface area contributed by atoms with Crippen LogP contribution in [-0.4, -0.2) is 36.3 Å². The molecule has 1 saturated heterocycles.